The minimum Gasteiger partial charge on any atom is -0.269 e. The van der Waals surface area contributed by atoms with Crippen molar-refractivity contribution in [1.29, 1.82) is 5.26 Å². The maximum absolute atomic E-state index is 12.4. The molecule has 0 bridgehead atoms. The number of aryl methyl sites for hydroxylation is 1. The van der Waals surface area contributed by atoms with Crippen molar-refractivity contribution in [2.24, 2.45) is 0 Å². The molecule has 2 aromatic rings. The van der Waals surface area contributed by atoms with Gasteiger partial charge in [0.2, 0.25) is 0 Å². The topological polar surface area (TPSA) is 74.1 Å². The Hall–Kier alpha value is -1.91. The lowest BCUT2D eigenvalue weighted by atomic mass is 10.2. The lowest BCUT2D eigenvalue weighted by Gasteiger charge is -2.18. The highest BCUT2D eigenvalue weighted by molar-refractivity contribution is 7.94. The normalized spacial score (nSPS) is 11.0. The van der Waals surface area contributed by atoms with Gasteiger partial charge >= 0.3 is 0 Å². The van der Waals surface area contributed by atoms with Gasteiger partial charge < -0.3 is 0 Å². The summed E-state index contributed by atoms with van der Waals surface area (Å²) in [6.45, 7) is 1.75. The molecule has 0 N–H and O–H groups in total. The molecule has 0 unspecified atom stereocenters. The van der Waals surface area contributed by atoms with Crippen LogP contribution in [0, 0.1) is 18.3 Å². The van der Waals surface area contributed by atoms with Crippen molar-refractivity contribution in [3.05, 3.63) is 41.0 Å². The van der Waals surface area contributed by atoms with Crippen molar-refractivity contribution >= 4 is 27.0 Å². The van der Waals surface area contributed by atoms with Crippen LogP contribution in [0.5, 0.6) is 0 Å². The van der Waals surface area contributed by atoms with Gasteiger partial charge in [-0.05, 0) is 25.1 Å². The number of benzene rings is 1. The zero-order valence-corrected chi connectivity index (χ0v) is 12.0. The second-order valence-corrected chi connectivity index (χ2v) is 7.26. The van der Waals surface area contributed by atoms with Crippen LogP contribution in [0.15, 0.2) is 34.7 Å². The van der Waals surface area contributed by atoms with Gasteiger partial charge in [-0.3, -0.25) is 4.31 Å². The second kappa shape index (κ2) is 4.99. The number of aromatic nitrogens is 1. The SMILES string of the molecule is Cc1ncc(S(=O)(=O)N(C)c2cccc(C#N)c2)s1. The van der Waals surface area contributed by atoms with Crippen LogP contribution in [-0.4, -0.2) is 20.4 Å². The Kier molecular flexibility index (Phi) is 3.55. The van der Waals surface area contributed by atoms with Gasteiger partial charge in [0.1, 0.15) is 0 Å². The van der Waals surface area contributed by atoms with E-state index in [1.54, 1.807) is 25.1 Å². The fourth-order valence-electron chi connectivity index (χ4n) is 1.51. The standard InChI is InChI=1S/C12H11N3O2S2/c1-9-14-8-12(18-9)19(16,17)15(2)11-5-3-4-10(6-11)7-13/h3-6,8H,1-2H3. The molecule has 0 amide bonds. The van der Waals surface area contributed by atoms with Crippen molar-refractivity contribution in [3.63, 3.8) is 0 Å². The summed E-state index contributed by atoms with van der Waals surface area (Å²) < 4.78 is 26.1. The molecule has 19 heavy (non-hydrogen) atoms. The molecule has 0 radical (unpaired) electrons. The molecule has 5 nitrogen and oxygen atoms in total. The molecule has 0 spiro atoms. The van der Waals surface area contributed by atoms with Gasteiger partial charge in [0.25, 0.3) is 10.0 Å². The quantitative estimate of drug-likeness (QED) is 0.869. The number of rotatable bonds is 3. The molecule has 0 aliphatic rings. The lowest BCUT2D eigenvalue weighted by Crippen LogP contribution is -2.25. The number of hydrogen-bond acceptors (Lipinski definition) is 5. The summed E-state index contributed by atoms with van der Waals surface area (Å²) in [5.74, 6) is 0. The fraction of sp³-hybridized carbons (Fsp3) is 0.167. The van der Waals surface area contributed by atoms with E-state index in [9.17, 15) is 8.42 Å². The van der Waals surface area contributed by atoms with E-state index in [2.05, 4.69) is 4.98 Å². The number of anilines is 1. The van der Waals surface area contributed by atoms with E-state index in [1.165, 1.54) is 19.3 Å². The van der Waals surface area contributed by atoms with E-state index in [4.69, 9.17) is 5.26 Å². The van der Waals surface area contributed by atoms with Crippen LogP contribution in [0.1, 0.15) is 10.6 Å². The molecular weight excluding hydrogens is 282 g/mol. The monoisotopic (exact) mass is 293 g/mol. The van der Waals surface area contributed by atoms with Crippen LogP contribution in [0.25, 0.3) is 0 Å². The molecule has 1 aromatic carbocycles. The van der Waals surface area contributed by atoms with Crippen LogP contribution in [-0.2, 0) is 10.0 Å². The molecule has 1 heterocycles. The van der Waals surface area contributed by atoms with Crippen LogP contribution in [0.4, 0.5) is 5.69 Å². The number of hydrogen-bond donors (Lipinski definition) is 0. The molecule has 0 aliphatic heterocycles. The summed E-state index contributed by atoms with van der Waals surface area (Å²) in [6, 6.07) is 8.44. The van der Waals surface area contributed by atoms with Crippen molar-refractivity contribution in [3.8, 4) is 6.07 Å². The average molecular weight is 293 g/mol. The number of nitrogens with zero attached hydrogens (tertiary/aromatic N) is 3. The van der Waals surface area contributed by atoms with E-state index in [0.717, 1.165) is 15.6 Å². The zero-order valence-electron chi connectivity index (χ0n) is 10.4. The first kappa shape index (κ1) is 13.5. The average Bonchev–Trinajstić information content (AvgIpc) is 2.85. The van der Waals surface area contributed by atoms with Crippen LogP contribution >= 0.6 is 11.3 Å². The van der Waals surface area contributed by atoms with Gasteiger partial charge in [0.15, 0.2) is 4.21 Å². The van der Waals surface area contributed by atoms with Gasteiger partial charge in [-0.1, -0.05) is 6.07 Å². The maximum atomic E-state index is 12.4. The Morgan fingerprint density at radius 2 is 2.16 bits per heavy atom. The van der Waals surface area contributed by atoms with Gasteiger partial charge in [-0.2, -0.15) is 5.26 Å². The Morgan fingerprint density at radius 3 is 2.74 bits per heavy atom. The highest BCUT2D eigenvalue weighted by Crippen LogP contribution is 2.26. The van der Waals surface area contributed by atoms with Crippen molar-refractivity contribution < 1.29 is 8.42 Å². The summed E-state index contributed by atoms with van der Waals surface area (Å²) in [5.41, 5.74) is 0.866. The first-order chi connectivity index (χ1) is 8.95. The number of nitriles is 1. The summed E-state index contributed by atoms with van der Waals surface area (Å²) in [5, 5.41) is 9.53. The lowest BCUT2D eigenvalue weighted by molar-refractivity contribution is 0.596. The first-order valence-electron chi connectivity index (χ1n) is 5.36. The Balaban J connectivity index is 2.43. The van der Waals surface area contributed by atoms with Gasteiger partial charge in [-0.15, -0.1) is 11.3 Å². The summed E-state index contributed by atoms with van der Waals surface area (Å²) >= 11 is 1.12. The molecule has 0 fully saturated rings. The van der Waals surface area contributed by atoms with Crippen LogP contribution in [0.2, 0.25) is 0 Å². The van der Waals surface area contributed by atoms with Gasteiger partial charge in [0, 0.05) is 7.05 Å². The van der Waals surface area contributed by atoms with Gasteiger partial charge in [0.05, 0.1) is 28.5 Å². The Labute approximate surface area is 115 Å². The Morgan fingerprint density at radius 1 is 1.42 bits per heavy atom. The summed E-state index contributed by atoms with van der Waals surface area (Å²) in [7, 11) is -2.16. The van der Waals surface area contributed by atoms with E-state index >= 15 is 0 Å². The molecule has 1 aromatic heterocycles. The molecule has 0 saturated carbocycles. The van der Waals surface area contributed by atoms with E-state index < -0.39 is 10.0 Å². The first-order valence-corrected chi connectivity index (χ1v) is 7.62. The maximum Gasteiger partial charge on any atom is 0.275 e. The third kappa shape index (κ3) is 2.59. The minimum absolute atomic E-state index is 0.190. The predicted octanol–water partition coefficient (Wildman–Crippen LogP) is 2.15. The highest BCUT2D eigenvalue weighted by Gasteiger charge is 2.23. The molecule has 98 valence electrons. The van der Waals surface area contributed by atoms with Crippen molar-refractivity contribution in [2.45, 2.75) is 11.1 Å². The zero-order chi connectivity index (χ0) is 14.0. The van der Waals surface area contributed by atoms with Crippen LogP contribution < -0.4 is 4.31 Å². The van der Waals surface area contributed by atoms with E-state index in [1.807, 2.05) is 6.07 Å². The molecule has 0 saturated heterocycles. The summed E-state index contributed by atoms with van der Waals surface area (Å²) in [6.07, 6.45) is 1.35. The molecule has 0 atom stereocenters. The Bertz CT molecular complexity index is 744. The largest absolute Gasteiger partial charge is 0.275 e. The van der Waals surface area contributed by atoms with Crippen LogP contribution in [0.3, 0.4) is 0 Å². The fourth-order valence-corrected chi connectivity index (χ4v) is 3.97. The third-order valence-corrected chi connectivity index (χ3v) is 5.69. The van der Waals surface area contributed by atoms with E-state index in [-0.39, 0.29) is 4.21 Å². The third-order valence-electron chi connectivity index (χ3n) is 2.55. The number of sulfonamides is 1. The molecule has 0 aliphatic carbocycles. The van der Waals surface area contributed by atoms with E-state index in [0.29, 0.717) is 16.3 Å². The molecular formula is C12H11N3O2S2. The predicted molar refractivity (Wildman–Crippen MR) is 73.6 cm³/mol. The smallest absolute Gasteiger partial charge is 0.269 e. The molecule has 7 heteroatoms. The summed E-state index contributed by atoms with van der Waals surface area (Å²) in [4.78, 5) is 3.95. The van der Waals surface area contributed by atoms with Crippen molar-refractivity contribution in [2.75, 3.05) is 11.4 Å². The number of thiazole rings is 1. The van der Waals surface area contributed by atoms with Gasteiger partial charge in [-0.25, -0.2) is 13.4 Å². The highest BCUT2D eigenvalue weighted by atomic mass is 32.2. The second-order valence-electron chi connectivity index (χ2n) is 3.83. The molecule has 2 rings (SSSR count). The van der Waals surface area contributed by atoms with Crippen molar-refractivity contribution in [1.82, 2.24) is 4.98 Å². The minimum atomic E-state index is -3.62.